The van der Waals surface area contributed by atoms with Crippen molar-refractivity contribution in [2.24, 2.45) is 5.73 Å². The van der Waals surface area contributed by atoms with E-state index in [0.717, 1.165) is 44.5 Å². The number of likely N-dealkylation sites (tertiary alicyclic amines) is 1. The lowest BCUT2D eigenvalue weighted by molar-refractivity contribution is -0.274. The van der Waals surface area contributed by atoms with Gasteiger partial charge in [-0.25, -0.2) is 0 Å². The average Bonchev–Trinajstić information content (AvgIpc) is 2.38. The van der Waals surface area contributed by atoms with E-state index in [4.69, 9.17) is 5.73 Å². The van der Waals surface area contributed by atoms with Gasteiger partial charge in [-0.05, 0) is 50.0 Å². The summed E-state index contributed by atoms with van der Waals surface area (Å²) in [5.41, 5.74) is 6.85. The Balaban J connectivity index is 1.79. The van der Waals surface area contributed by atoms with E-state index in [1.54, 1.807) is 12.1 Å². The molecule has 0 radical (unpaired) electrons. The van der Waals surface area contributed by atoms with Gasteiger partial charge in [0, 0.05) is 12.6 Å². The highest BCUT2D eigenvalue weighted by atomic mass is 19.4. The van der Waals surface area contributed by atoms with Crippen molar-refractivity contribution in [3.63, 3.8) is 0 Å². The van der Waals surface area contributed by atoms with E-state index in [0.29, 0.717) is 6.04 Å². The van der Waals surface area contributed by atoms with Gasteiger partial charge in [0.1, 0.15) is 5.75 Å². The van der Waals surface area contributed by atoms with Crippen molar-refractivity contribution >= 4 is 0 Å². The summed E-state index contributed by atoms with van der Waals surface area (Å²) in [5, 5.41) is 0. The third-order valence-electron chi connectivity index (χ3n) is 3.51. The van der Waals surface area contributed by atoms with Crippen molar-refractivity contribution in [1.29, 1.82) is 0 Å². The minimum absolute atomic E-state index is 0.176. The molecule has 6 heteroatoms. The van der Waals surface area contributed by atoms with Gasteiger partial charge < -0.3 is 15.4 Å². The second-order valence-corrected chi connectivity index (χ2v) is 5.12. The van der Waals surface area contributed by atoms with Crippen LogP contribution in [-0.2, 0) is 6.42 Å². The van der Waals surface area contributed by atoms with Gasteiger partial charge in [-0.1, -0.05) is 12.1 Å². The summed E-state index contributed by atoms with van der Waals surface area (Å²) in [7, 11) is 0. The van der Waals surface area contributed by atoms with Gasteiger partial charge in [-0.2, -0.15) is 0 Å². The molecule has 1 aliphatic rings. The Morgan fingerprint density at radius 2 is 1.75 bits per heavy atom. The normalized spacial score (nSPS) is 18.2. The average molecular weight is 288 g/mol. The summed E-state index contributed by atoms with van der Waals surface area (Å²) >= 11 is 0. The van der Waals surface area contributed by atoms with Gasteiger partial charge in [0.05, 0.1) is 0 Å². The molecule has 3 nitrogen and oxygen atoms in total. The van der Waals surface area contributed by atoms with E-state index in [1.165, 1.54) is 12.1 Å². The lowest BCUT2D eigenvalue weighted by atomic mass is 10.1. The second kappa shape index (κ2) is 6.45. The van der Waals surface area contributed by atoms with Gasteiger partial charge in [-0.3, -0.25) is 0 Å². The molecule has 0 amide bonds. The summed E-state index contributed by atoms with van der Waals surface area (Å²) < 4.78 is 39.9. The van der Waals surface area contributed by atoms with Crippen LogP contribution in [0.25, 0.3) is 0 Å². The van der Waals surface area contributed by atoms with Crippen molar-refractivity contribution in [1.82, 2.24) is 4.90 Å². The van der Waals surface area contributed by atoms with Crippen LogP contribution in [-0.4, -0.2) is 36.9 Å². The number of benzene rings is 1. The number of nitrogens with two attached hydrogens (primary N) is 1. The molecule has 1 fully saturated rings. The van der Waals surface area contributed by atoms with Crippen LogP contribution in [0.5, 0.6) is 5.75 Å². The summed E-state index contributed by atoms with van der Waals surface area (Å²) in [6, 6.07) is 6.38. The van der Waals surface area contributed by atoms with Crippen LogP contribution in [0.4, 0.5) is 13.2 Å². The van der Waals surface area contributed by atoms with E-state index < -0.39 is 6.36 Å². The summed E-state index contributed by atoms with van der Waals surface area (Å²) in [5.74, 6) is -0.176. The van der Waals surface area contributed by atoms with E-state index in [2.05, 4.69) is 9.64 Å². The number of ether oxygens (including phenoxy) is 1. The fourth-order valence-electron chi connectivity index (χ4n) is 2.32. The molecule has 1 heterocycles. The molecule has 2 N–H and O–H groups in total. The Labute approximate surface area is 116 Å². The molecule has 0 aromatic heterocycles. The predicted octanol–water partition coefficient (Wildman–Crippen LogP) is 2.55. The SMILES string of the molecule is NC1CCN(CCc2ccc(OC(F)(F)F)cc2)CC1. The lowest BCUT2D eigenvalue weighted by Crippen LogP contribution is -2.40. The number of alkyl halides is 3. The first kappa shape index (κ1) is 15.1. The highest BCUT2D eigenvalue weighted by Gasteiger charge is 2.30. The molecule has 1 saturated heterocycles. The first-order chi connectivity index (χ1) is 9.42. The highest BCUT2D eigenvalue weighted by Crippen LogP contribution is 2.23. The van der Waals surface area contributed by atoms with Crippen molar-refractivity contribution in [2.45, 2.75) is 31.7 Å². The topological polar surface area (TPSA) is 38.5 Å². The molecule has 0 bridgehead atoms. The fourth-order valence-corrected chi connectivity index (χ4v) is 2.32. The summed E-state index contributed by atoms with van der Waals surface area (Å²) in [6.07, 6.45) is -1.79. The Morgan fingerprint density at radius 1 is 1.15 bits per heavy atom. The van der Waals surface area contributed by atoms with Crippen LogP contribution >= 0.6 is 0 Å². The number of hydrogen-bond donors (Lipinski definition) is 1. The Hall–Kier alpha value is -1.27. The third-order valence-corrected chi connectivity index (χ3v) is 3.51. The zero-order chi connectivity index (χ0) is 14.6. The Bertz CT molecular complexity index is 411. The van der Waals surface area contributed by atoms with E-state index in [-0.39, 0.29) is 5.75 Å². The number of piperidine rings is 1. The van der Waals surface area contributed by atoms with E-state index in [9.17, 15) is 13.2 Å². The van der Waals surface area contributed by atoms with Gasteiger partial charge >= 0.3 is 6.36 Å². The lowest BCUT2D eigenvalue weighted by Gasteiger charge is -2.29. The quantitative estimate of drug-likeness (QED) is 0.925. The van der Waals surface area contributed by atoms with Crippen molar-refractivity contribution in [3.05, 3.63) is 29.8 Å². The van der Waals surface area contributed by atoms with Crippen molar-refractivity contribution in [3.8, 4) is 5.75 Å². The third kappa shape index (κ3) is 5.02. The monoisotopic (exact) mass is 288 g/mol. The molecule has 1 aromatic carbocycles. The Kier molecular flexibility index (Phi) is 4.88. The molecule has 20 heavy (non-hydrogen) atoms. The molecule has 1 aliphatic heterocycles. The van der Waals surface area contributed by atoms with Crippen LogP contribution < -0.4 is 10.5 Å². The molecule has 0 spiro atoms. The first-order valence-corrected chi connectivity index (χ1v) is 6.75. The molecule has 2 rings (SSSR count). The number of nitrogens with zero attached hydrogens (tertiary/aromatic N) is 1. The van der Waals surface area contributed by atoms with Crippen LogP contribution in [0.15, 0.2) is 24.3 Å². The maximum Gasteiger partial charge on any atom is 0.573 e. The summed E-state index contributed by atoms with van der Waals surface area (Å²) in [4.78, 5) is 2.34. The molecular formula is C14H19F3N2O. The zero-order valence-electron chi connectivity index (χ0n) is 11.2. The van der Waals surface area contributed by atoms with Crippen LogP contribution in [0.3, 0.4) is 0 Å². The van der Waals surface area contributed by atoms with Crippen molar-refractivity contribution < 1.29 is 17.9 Å². The smallest absolute Gasteiger partial charge is 0.406 e. The van der Waals surface area contributed by atoms with Crippen LogP contribution in [0, 0.1) is 0 Å². The fraction of sp³-hybridized carbons (Fsp3) is 0.571. The largest absolute Gasteiger partial charge is 0.573 e. The maximum absolute atomic E-state index is 12.0. The maximum atomic E-state index is 12.0. The second-order valence-electron chi connectivity index (χ2n) is 5.12. The van der Waals surface area contributed by atoms with Crippen LogP contribution in [0.1, 0.15) is 18.4 Å². The molecule has 1 aromatic rings. The van der Waals surface area contributed by atoms with Crippen molar-refractivity contribution in [2.75, 3.05) is 19.6 Å². The Morgan fingerprint density at radius 3 is 2.30 bits per heavy atom. The molecule has 112 valence electrons. The number of rotatable bonds is 4. The minimum atomic E-state index is -4.63. The molecule has 0 unspecified atom stereocenters. The van der Waals surface area contributed by atoms with Gasteiger partial charge in [-0.15, -0.1) is 13.2 Å². The molecule has 0 atom stereocenters. The number of hydrogen-bond acceptors (Lipinski definition) is 3. The minimum Gasteiger partial charge on any atom is -0.406 e. The van der Waals surface area contributed by atoms with Gasteiger partial charge in [0.15, 0.2) is 0 Å². The molecule has 0 saturated carbocycles. The van der Waals surface area contributed by atoms with Crippen LogP contribution in [0.2, 0.25) is 0 Å². The molecular weight excluding hydrogens is 269 g/mol. The van der Waals surface area contributed by atoms with E-state index >= 15 is 0 Å². The standard InChI is InChI=1S/C14H19F3N2O/c15-14(16,17)20-13-3-1-11(2-4-13)5-8-19-9-6-12(18)7-10-19/h1-4,12H,5-10,18H2. The first-order valence-electron chi connectivity index (χ1n) is 6.75. The predicted molar refractivity (Wildman–Crippen MR) is 70.5 cm³/mol. The number of halogens is 3. The summed E-state index contributed by atoms with van der Waals surface area (Å²) in [6.45, 7) is 2.90. The van der Waals surface area contributed by atoms with Gasteiger partial charge in [0.25, 0.3) is 0 Å². The zero-order valence-corrected chi connectivity index (χ0v) is 11.2. The van der Waals surface area contributed by atoms with Gasteiger partial charge in [0.2, 0.25) is 0 Å². The highest BCUT2D eigenvalue weighted by molar-refractivity contribution is 5.27. The van der Waals surface area contributed by atoms with E-state index in [1.807, 2.05) is 0 Å². The molecule has 0 aliphatic carbocycles.